The van der Waals surface area contributed by atoms with E-state index in [2.05, 4.69) is 20.9 Å². The number of pyridine rings is 1. The molecular weight excluding hydrogens is 550 g/mol. The number of nitrogens with zero attached hydrogens (tertiary/aromatic N) is 4. The lowest BCUT2D eigenvalue weighted by Crippen LogP contribution is -2.17. The van der Waals surface area contributed by atoms with E-state index in [-0.39, 0.29) is 17.7 Å². The van der Waals surface area contributed by atoms with Crippen molar-refractivity contribution in [2.24, 2.45) is 14.1 Å². The van der Waals surface area contributed by atoms with Crippen LogP contribution < -0.4 is 16.0 Å². The zero-order chi connectivity index (χ0) is 31.1. The molecule has 3 heterocycles. The molecule has 3 aromatic heterocycles. The Morgan fingerprint density at radius 1 is 0.837 bits per heavy atom. The van der Waals surface area contributed by atoms with E-state index in [0.717, 1.165) is 18.5 Å². The molecule has 0 spiro atoms. The molecule has 0 atom stereocenters. The SMILES string of the molecule is COC(=O)c1cccc(-c2ccc(NC(=O)c3cc(NC(=O)c4cc(NC(=O)CCCN(C)C)cn4C)cn3C)cn2)c1. The van der Waals surface area contributed by atoms with E-state index < -0.39 is 5.97 Å². The molecule has 0 saturated heterocycles. The van der Waals surface area contributed by atoms with Gasteiger partial charge in [-0.3, -0.25) is 19.4 Å². The van der Waals surface area contributed by atoms with Crippen molar-refractivity contribution in [1.29, 1.82) is 0 Å². The highest BCUT2D eigenvalue weighted by Gasteiger charge is 2.17. The Bertz CT molecular complexity index is 1640. The van der Waals surface area contributed by atoms with Crippen molar-refractivity contribution < 1.29 is 23.9 Å². The van der Waals surface area contributed by atoms with Crippen LogP contribution in [0, 0.1) is 0 Å². The Hall–Kier alpha value is -5.23. The number of hydrogen-bond acceptors (Lipinski definition) is 7. The van der Waals surface area contributed by atoms with E-state index in [4.69, 9.17) is 4.74 Å². The van der Waals surface area contributed by atoms with Crippen molar-refractivity contribution in [3.05, 3.63) is 84.1 Å². The van der Waals surface area contributed by atoms with Gasteiger partial charge in [-0.1, -0.05) is 12.1 Å². The molecule has 43 heavy (non-hydrogen) atoms. The van der Waals surface area contributed by atoms with Crippen molar-refractivity contribution in [2.75, 3.05) is 43.7 Å². The molecule has 3 amide bonds. The first kappa shape index (κ1) is 30.7. The smallest absolute Gasteiger partial charge is 0.337 e. The maximum Gasteiger partial charge on any atom is 0.337 e. The summed E-state index contributed by atoms with van der Waals surface area (Å²) < 4.78 is 8.01. The normalized spacial score (nSPS) is 10.8. The number of amides is 3. The average Bonchev–Trinajstić information content (AvgIpc) is 3.53. The average molecular weight is 586 g/mol. The molecule has 12 nitrogen and oxygen atoms in total. The molecule has 0 saturated carbocycles. The lowest BCUT2D eigenvalue weighted by atomic mass is 10.1. The quantitative estimate of drug-likeness (QED) is 0.226. The molecule has 0 unspecified atom stereocenters. The highest BCUT2D eigenvalue weighted by Crippen LogP contribution is 2.22. The van der Waals surface area contributed by atoms with Crippen LogP contribution >= 0.6 is 0 Å². The Morgan fingerprint density at radius 2 is 1.47 bits per heavy atom. The number of esters is 1. The van der Waals surface area contributed by atoms with E-state index >= 15 is 0 Å². The van der Waals surface area contributed by atoms with Gasteiger partial charge in [0.15, 0.2) is 0 Å². The summed E-state index contributed by atoms with van der Waals surface area (Å²) in [5, 5.41) is 8.45. The van der Waals surface area contributed by atoms with Crippen molar-refractivity contribution in [1.82, 2.24) is 19.0 Å². The largest absolute Gasteiger partial charge is 0.465 e. The van der Waals surface area contributed by atoms with E-state index in [9.17, 15) is 19.2 Å². The number of nitrogens with one attached hydrogen (secondary N) is 3. The van der Waals surface area contributed by atoms with Crippen molar-refractivity contribution in [3.63, 3.8) is 0 Å². The molecule has 4 aromatic rings. The molecule has 0 radical (unpaired) electrons. The van der Waals surface area contributed by atoms with E-state index in [1.54, 1.807) is 78.1 Å². The second-order valence-electron chi connectivity index (χ2n) is 10.3. The first-order valence-corrected chi connectivity index (χ1v) is 13.6. The maximum absolute atomic E-state index is 13.0. The van der Waals surface area contributed by atoms with Gasteiger partial charge in [-0.25, -0.2) is 4.79 Å². The van der Waals surface area contributed by atoms with Crippen LogP contribution in [0.2, 0.25) is 0 Å². The standard InChI is InChI=1S/C31H35N7O5/c1-36(2)13-7-10-28(39)33-23-15-26(37(3)18-23)30(41)35-24-16-27(38(4)19-24)29(40)34-22-11-12-25(32-17-22)20-8-6-9-21(14-20)31(42)43-5/h6,8-9,11-12,14-19H,7,10,13H2,1-5H3,(H,33,39)(H,34,40)(H,35,41). The third kappa shape index (κ3) is 7.95. The van der Waals surface area contributed by atoms with Crippen LogP contribution in [0.25, 0.3) is 11.3 Å². The summed E-state index contributed by atoms with van der Waals surface area (Å²) in [7, 11) is 8.65. The van der Waals surface area contributed by atoms with Gasteiger partial charge in [0.2, 0.25) is 5.91 Å². The summed E-state index contributed by atoms with van der Waals surface area (Å²) in [6.07, 6.45) is 5.96. The molecule has 1 aromatic carbocycles. The van der Waals surface area contributed by atoms with E-state index in [1.807, 2.05) is 25.1 Å². The highest BCUT2D eigenvalue weighted by atomic mass is 16.5. The molecule has 12 heteroatoms. The third-order valence-electron chi connectivity index (χ3n) is 6.63. The van der Waals surface area contributed by atoms with Crippen LogP contribution in [0.15, 0.2) is 67.1 Å². The second-order valence-corrected chi connectivity index (χ2v) is 10.3. The summed E-state index contributed by atoms with van der Waals surface area (Å²) in [6, 6.07) is 13.6. The number of rotatable bonds is 11. The van der Waals surface area contributed by atoms with Gasteiger partial charge in [-0.05, 0) is 63.5 Å². The number of hydrogen-bond donors (Lipinski definition) is 3. The minimum Gasteiger partial charge on any atom is -0.465 e. The third-order valence-corrected chi connectivity index (χ3v) is 6.63. The summed E-state index contributed by atoms with van der Waals surface area (Å²) in [5.41, 5.74) is 3.89. The molecule has 0 aliphatic heterocycles. The van der Waals surface area contributed by atoms with Gasteiger partial charge in [0.05, 0.1) is 41.6 Å². The van der Waals surface area contributed by atoms with E-state index in [1.165, 1.54) is 13.3 Å². The summed E-state index contributed by atoms with van der Waals surface area (Å²) in [6.45, 7) is 0.810. The second kappa shape index (κ2) is 13.6. The Labute approximate surface area is 249 Å². The maximum atomic E-state index is 13.0. The van der Waals surface area contributed by atoms with Gasteiger partial charge in [-0.15, -0.1) is 0 Å². The summed E-state index contributed by atoms with van der Waals surface area (Å²) >= 11 is 0. The van der Waals surface area contributed by atoms with Crippen molar-refractivity contribution in [2.45, 2.75) is 12.8 Å². The minimum atomic E-state index is -0.438. The van der Waals surface area contributed by atoms with Gasteiger partial charge in [-0.2, -0.15) is 0 Å². The van der Waals surface area contributed by atoms with Crippen LogP contribution in [-0.4, -0.2) is 70.5 Å². The van der Waals surface area contributed by atoms with E-state index in [0.29, 0.717) is 46.1 Å². The van der Waals surface area contributed by atoms with Crippen molar-refractivity contribution in [3.8, 4) is 11.3 Å². The number of carbonyl (C=O) groups excluding carboxylic acids is 4. The van der Waals surface area contributed by atoms with Crippen LogP contribution in [0.3, 0.4) is 0 Å². The summed E-state index contributed by atoms with van der Waals surface area (Å²) in [4.78, 5) is 56.5. The minimum absolute atomic E-state index is 0.115. The zero-order valence-electron chi connectivity index (χ0n) is 24.8. The Balaban J connectivity index is 1.37. The molecule has 4 rings (SSSR count). The monoisotopic (exact) mass is 585 g/mol. The molecule has 0 bridgehead atoms. The number of benzene rings is 1. The Kier molecular flexibility index (Phi) is 9.73. The highest BCUT2D eigenvalue weighted by molar-refractivity contribution is 6.07. The molecule has 0 aliphatic carbocycles. The molecule has 224 valence electrons. The van der Waals surface area contributed by atoms with Gasteiger partial charge in [0.1, 0.15) is 11.4 Å². The fourth-order valence-corrected chi connectivity index (χ4v) is 4.45. The fourth-order valence-electron chi connectivity index (χ4n) is 4.45. The van der Waals surface area contributed by atoms with Crippen LogP contribution in [0.1, 0.15) is 44.2 Å². The van der Waals surface area contributed by atoms with Crippen LogP contribution in [-0.2, 0) is 23.6 Å². The molecule has 0 fully saturated rings. The van der Waals surface area contributed by atoms with Gasteiger partial charge in [0.25, 0.3) is 11.8 Å². The number of aryl methyl sites for hydroxylation is 2. The van der Waals surface area contributed by atoms with Gasteiger partial charge in [0, 0.05) is 38.5 Å². The Morgan fingerprint density at radius 3 is 2.05 bits per heavy atom. The van der Waals surface area contributed by atoms with Crippen LogP contribution in [0.5, 0.6) is 0 Å². The number of methoxy groups -OCH3 is 1. The fraction of sp³-hybridized carbons (Fsp3) is 0.258. The predicted molar refractivity (Wildman–Crippen MR) is 164 cm³/mol. The number of aromatic nitrogens is 3. The lowest BCUT2D eigenvalue weighted by molar-refractivity contribution is -0.116. The van der Waals surface area contributed by atoms with Gasteiger partial charge >= 0.3 is 5.97 Å². The molecular formula is C31H35N7O5. The first-order chi connectivity index (χ1) is 20.5. The lowest BCUT2D eigenvalue weighted by Gasteiger charge is -2.08. The predicted octanol–water partition coefficient (Wildman–Crippen LogP) is 4.00. The van der Waals surface area contributed by atoms with Crippen molar-refractivity contribution >= 4 is 40.8 Å². The molecule has 0 aliphatic rings. The van der Waals surface area contributed by atoms with Crippen LogP contribution in [0.4, 0.5) is 17.1 Å². The first-order valence-electron chi connectivity index (χ1n) is 13.6. The summed E-state index contributed by atoms with van der Waals surface area (Å²) in [5.74, 6) is -1.32. The number of carbonyl (C=O) groups is 4. The van der Waals surface area contributed by atoms with Gasteiger partial charge < -0.3 is 34.7 Å². The topological polar surface area (TPSA) is 140 Å². The number of anilines is 3. The zero-order valence-corrected chi connectivity index (χ0v) is 24.8. The number of ether oxygens (including phenoxy) is 1. The molecule has 3 N–H and O–H groups in total.